The van der Waals surface area contributed by atoms with E-state index in [0.717, 1.165) is 0 Å². The van der Waals surface area contributed by atoms with E-state index in [4.69, 9.17) is 14.6 Å². The van der Waals surface area contributed by atoms with Gasteiger partial charge in [0.15, 0.2) is 0 Å². The summed E-state index contributed by atoms with van der Waals surface area (Å²) in [5, 5.41) is 20.5. The molecule has 0 radical (unpaired) electrons. The van der Waals surface area contributed by atoms with Gasteiger partial charge in [0, 0.05) is 11.4 Å². The lowest BCUT2D eigenvalue weighted by atomic mass is 10.3. The van der Waals surface area contributed by atoms with E-state index in [9.17, 15) is 26.9 Å². The summed E-state index contributed by atoms with van der Waals surface area (Å²) >= 11 is 0. The second-order valence-electron chi connectivity index (χ2n) is 7.41. The molecule has 198 valence electrons. The second-order valence-corrected chi connectivity index (χ2v) is 10.6. The summed E-state index contributed by atoms with van der Waals surface area (Å²) in [6.07, 6.45) is 0. The number of carbonyl (C=O) groups excluding carboxylic acids is 1. The largest absolute Gasteiger partial charge is 0.497 e. The van der Waals surface area contributed by atoms with Crippen molar-refractivity contribution in [1.29, 1.82) is 5.26 Å². The van der Waals surface area contributed by atoms with Crippen molar-refractivity contribution >= 4 is 48.7 Å². The molecular weight excluding hydrogens is 536 g/mol. The Bertz CT molecular complexity index is 1610. The number of methoxy groups -OCH3 is 2. The van der Waals surface area contributed by atoms with Gasteiger partial charge in [-0.15, -0.1) is 0 Å². The number of sulfonamides is 2. The Kier molecular flexibility index (Phi) is 8.53. The van der Waals surface area contributed by atoms with Crippen molar-refractivity contribution < 1.29 is 31.1 Å². The van der Waals surface area contributed by atoms with E-state index in [1.165, 1.54) is 68.8 Å². The number of nitrogens with two attached hydrogens (primary N) is 1. The van der Waals surface area contributed by atoms with Gasteiger partial charge in [0.25, 0.3) is 15.9 Å². The van der Waals surface area contributed by atoms with E-state index < -0.39 is 31.7 Å². The molecular formula is C23H22N6O7S2. The molecule has 0 aliphatic rings. The molecule has 0 aliphatic heterocycles. The number of hydrogen-bond donors (Lipinski definition) is 4. The van der Waals surface area contributed by atoms with Gasteiger partial charge in [0.1, 0.15) is 22.5 Å². The first-order chi connectivity index (χ1) is 18.0. The summed E-state index contributed by atoms with van der Waals surface area (Å²) in [6, 6.07) is 16.8. The third-order valence-corrected chi connectivity index (χ3v) is 7.19. The number of benzene rings is 3. The topological polar surface area (TPSA) is 202 Å². The van der Waals surface area contributed by atoms with E-state index in [2.05, 4.69) is 20.6 Å². The predicted octanol–water partition coefficient (Wildman–Crippen LogP) is 2.08. The Morgan fingerprint density at radius 3 is 2.05 bits per heavy atom. The first-order valence-corrected chi connectivity index (χ1v) is 13.5. The Labute approximate surface area is 219 Å². The Morgan fingerprint density at radius 1 is 0.895 bits per heavy atom. The zero-order valence-electron chi connectivity index (χ0n) is 20.0. The number of nitrogens with zero attached hydrogens (tertiary/aromatic N) is 2. The van der Waals surface area contributed by atoms with Crippen LogP contribution in [0.1, 0.15) is 0 Å². The smallest absolute Gasteiger partial charge is 0.287 e. The number of anilines is 3. The number of ether oxygens (including phenoxy) is 2. The zero-order chi connectivity index (χ0) is 27.9. The molecule has 0 unspecified atom stereocenters. The first kappa shape index (κ1) is 27.9. The lowest BCUT2D eigenvalue weighted by molar-refractivity contribution is -0.110. The molecule has 0 aliphatic carbocycles. The van der Waals surface area contributed by atoms with Crippen molar-refractivity contribution in [3.05, 3.63) is 66.7 Å². The maximum atomic E-state index is 13.0. The molecule has 3 aromatic carbocycles. The molecule has 0 aromatic heterocycles. The average Bonchev–Trinajstić information content (AvgIpc) is 2.89. The summed E-state index contributed by atoms with van der Waals surface area (Å²) in [4.78, 5) is 12.1. The third-order valence-electron chi connectivity index (χ3n) is 4.85. The molecule has 0 spiro atoms. The highest BCUT2D eigenvalue weighted by Crippen LogP contribution is 2.29. The van der Waals surface area contributed by atoms with E-state index in [0.29, 0.717) is 5.75 Å². The molecule has 3 aromatic rings. The fourth-order valence-corrected chi connectivity index (χ4v) is 4.76. The third kappa shape index (κ3) is 6.97. The Hall–Kier alpha value is -4.65. The van der Waals surface area contributed by atoms with Gasteiger partial charge < -0.3 is 14.8 Å². The molecule has 0 heterocycles. The molecule has 0 bridgehead atoms. The van der Waals surface area contributed by atoms with Crippen LogP contribution in [0.15, 0.2) is 81.6 Å². The minimum absolute atomic E-state index is 0.0433. The van der Waals surface area contributed by atoms with Crippen LogP contribution in [0.4, 0.5) is 17.1 Å². The first-order valence-electron chi connectivity index (χ1n) is 10.5. The SMILES string of the molecule is COc1ccc(NS(=O)(=O)c2cc(N/N=C(\C#N)C(=O)Nc3ccc(S(N)(=O)=O)cc3)ccc2OC)cc1. The van der Waals surface area contributed by atoms with E-state index >= 15 is 0 Å². The van der Waals surface area contributed by atoms with Crippen molar-refractivity contribution in [2.24, 2.45) is 10.2 Å². The highest BCUT2D eigenvalue weighted by Gasteiger charge is 2.21. The molecule has 0 saturated heterocycles. The fourth-order valence-electron chi connectivity index (χ4n) is 2.99. The summed E-state index contributed by atoms with van der Waals surface area (Å²) in [6.45, 7) is 0. The Morgan fingerprint density at radius 2 is 1.50 bits per heavy atom. The summed E-state index contributed by atoms with van der Waals surface area (Å²) in [7, 11) is -5.23. The van der Waals surface area contributed by atoms with E-state index in [-0.39, 0.29) is 32.6 Å². The number of nitrogens with one attached hydrogen (secondary N) is 3. The lowest BCUT2D eigenvalue weighted by Gasteiger charge is -2.13. The minimum Gasteiger partial charge on any atom is -0.497 e. The quantitative estimate of drug-likeness (QED) is 0.212. The number of hydrogen-bond acceptors (Lipinski definition) is 10. The van der Waals surface area contributed by atoms with E-state index in [1.54, 1.807) is 18.2 Å². The van der Waals surface area contributed by atoms with Crippen LogP contribution in [-0.4, -0.2) is 42.7 Å². The van der Waals surface area contributed by atoms with Crippen molar-refractivity contribution in [2.45, 2.75) is 9.79 Å². The van der Waals surface area contributed by atoms with Crippen molar-refractivity contribution in [3.63, 3.8) is 0 Å². The predicted molar refractivity (Wildman–Crippen MR) is 140 cm³/mol. The van der Waals surface area contributed by atoms with Crippen LogP contribution in [0.25, 0.3) is 0 Å². The van der Waals surface area contributed by atoms with Crippen LogP contribution in [-0.2, 0) is 24.8 Å². The average molecular weight is 559 g/mol. The van der Waals surface area contributed by atoms with Gasteiger partial charge >= 0.3 is 0 Å². The van der Waals surface area contributed by atoms with Gasteiger partial charge in [-0.05, 0) is 66.7 Å². The summed E-state index contributed by atoms with van der Waals surface area (Å²) in [5.74, 6) is -0.306. The van der Waals surface area contributed by atoms with Crippen molar-refractivity contribution in [2.75, 3.05) is 29.7 Å². The molecule has 3 rings (SSSR count). The molecule has 5 N–H and O–H groups in total. The maximum Gasteiger partial charge on any atom is 0.287 e. The zero-order valence-corrected chi connectivity index (χ0v) is 21.6. The van der Waals surface area contributed by atoms with Gasteiger partial charge in [-0.1, -0.05) is 0 Å². The van der Waals surface area contributed by atoms with Crippen LogP contribution in [0.5, 0.6) is 11.5 Å². The monoisotopic (exact) mass is 558 g/mol. The number of hydrazone groups is 1. The summed E-state index contributed by atoms with van der Waals surface area (Å²) in [5.41, 5.74) is 2.50. The highest BCUT2D eigenvalue weighted by atomic mass is 32.2. The second kappa shape index (κ2) is 11.6. The molecule has 15 heteroatoms. The van der Waals surface area contributed by atoms with Gasteiger partial charge in [0.2, 0.25) is 15.7 Å². The molecule has 38 heavy (non-hydrogen) atoms. The number of primary sulfonamides is 1. The normalized spacial score (nSPS) is 11.7. The molecule has 0 fully saturated rings. The van der Waals surface area contributed by atoms with Crippen molar-refractivity contribution in [1.82, 2.24) is 0 Å². The molecule has 13 nitrogen and oxygen atoms in total. The number of rotatable bonds is 10. The van der Waals surface area contributed by atoms with Gasteiger partial charge in [-0.25, -0.2) is 22.0 Å². The standard InChI is InChI=1S/C23H22N6O7S2/c1-35-18-8-3-16(4-9-18)29-38(33,34)22-13-17(7-12-21(22)36-2)27-28-20(14-24)23(30)26-15-5-10-19(11-6-15)37(25,31)32/h3-13,27,29H,1-2H3,(H,26,30)(H2,25,31,32)/b28-20+. The number of amides is 1. The van der Waals surface area contributed by atoms with Gasteiger partial charge in [-0.2, -0.15) is 10.4 Å². The molecule has 0 atom stereocenters. The van der Waals surface area contributed by atoms with Gasteiger partial charge in [-0.3, -0.25) is 14.9 Å². The number of carbonyl (C=O) groups is 1. The number of nitriles is 1. The van der Waals surface area contributed by atoms with E-state index in [1.807, 2.05) is 0 Å². The van der Waals surface area contributed by atoms with Crippen LogP contribution < -0.4 is 30.1 Å². The maximum absolute atomic E-state index is 13.0. The van der Waals surface area contributed by atoms with Crippen LogP contribution >= 0.6 is 0 Å². The molecule has 1 amide bonds. The molecule has 0 saturated carbocycles. The highest BCUT2D eigenvalue weighted by molar-refractivity contribution is 7.92. The fraction of sp³-hybridized carbons (Fsp3) is 0.0870. The van der Waals surface area contributed by atoms with Crippen LogP contribution in [0, 0.1) is 11.3 Å². The van der Waals surface area contributed by atoms with Crippen molar-refractivity contribution in [3.8, 4) is 17.6 Å². The van der Waals surface area contributed by atoms with Gasteiger partial charge in [0.05, 0.1) is 24.8 Å². The lowest BCUT2D eigenvalue weighted by Crippen LogP contribution is -2.22. The van der Waals surface area contributed by atoms with Crippen LogP contribution in [0.3, 0.4) is 0 Å². The van der Waals surface area contributed by atoms with Crippen LogP contribution in [0.2, 0.25) is 0 Å². The summed E-state index contributed by atoms with van der Waals surface area (Å²) < 4.78 is 61.4. The Balaban J connectivity index is 1.79. The minimum atomic E-state index is -4.11.